The molecule has 1 aliphatic carbocycles. The molecule has 0 radical (unpaired) electrons. The summed E-state index contributed by atoms with van der Waals surface area (Å²) >= 11 is 6.63. The van der Waals surface area contributed by atoms with Crippen LogP contribution < -0.4 is 5.32 Å². The maximum Gasteiger partial charge on any atom is 0.254 e. The number of nitrogens with one attached hydrogen (secondary N) is 1. The molecule has 0 aromatic heterocycles. The first-order valence-corrected chi connectivity index (χ1v) is 7.81. The Morgan fingerprint density at radius 1 is 1.39 bits per heavy atom. The van der Waals surface area contributed by atoms with E-state index in [0.29, 0.717) is 9.80 Å². The molecule has 0 heterocycles. The zero-order chi connectivity index (χ0) is 13.2. The van der Waals surface area contributed by atoms with Crippen molar-refractivity contribution in [1.82, 2.24) is 5.32 Å². The lowest BCUT2D eigenvalue weighted by Crippen LogP contribution is -2.48. The summed E-state index contributed by atoms with van der Waals surface area (Å²) in [5, 5.41) is 3.69. The molecule has 1 aromatic rings. The van der Waals surface area contributed by atoms with E-state index < -0.39 is 5.82 Å². The van der Waals surface area contributed by atoms with Crippen molar-refractivity contribution in [1.29, 1.82) is 0 Å². The van der Waals surface area contributed by atoms with E-state index in [4.69, 9.17) is 0 Å². The monoisotopic (exact) mass is 377 g/mol. The molecule has 0 bridgehead atoms. The van der Waals surface area contributed by atoms with Crippen LogP contribution in [-0.2, 0) is 0 Å². The van der Waals surface area contributed by atoms with Crippen molar-refractivity contribution in [2.45, 2.75) is 31.2 Å². The number of benzene rings is 1. The Hall–Kier alpha value is -0.420. The molecule has 1 fully saturated rings. The summed E-state index contributed by atoms with van der Waals surface area (Å²) in [6.45, 7) is 0. The fourth-order valence-corrected chi connectivity index (χ4v) is 3.36. The molecule has 0 saturated heterocycles. The van der Waals surface area contributed by atoms with E-state index in [0.717, 1.165) is 25.7 Å². The summed E-state index contributed by atoms with van der Waals surface area (Å²) in [7, 11) is 0. The van der Waals surface area contributed by atoms with Crippen molar-refractivity contribution in [3.63, 3.8) is 0 Å². The zero-order valence-electron chi connectivity index (χ0n) is 9.81. The second-order valence-corrected chi connectivity index (χ2v) is 6.18. The number of rotatable bonds is 3. The lowest BCUT2D eigenvalue weighted by Gasteiger charge is -2.28. The number of carbonyl (C=O) groups is 1. The van der Waals surface area contributed by atoms with Gasteiger partial charge in [0.2, 0.25) is 0 Å². The number of carbonyl (C=O) groups excluding carboxylic acids is 1. The Morgan fingerprint density at radius 3 is 2.61 bits per heavy atom. The van der Waals surface area contributed by atoms with Crippen LogP contribution in [0.4, 0.5) is 4.39 Å². The Bertz CT molecular complexity index is 458. The molecule has 0 atom stereocenters. The van der Waals surface area contributed by atoms with Crippen LogP contribution in [0.25, 0.3) is 0 Å². The first-order valence-electron chi connectivity index (χ1n) is 5.90. The van der Waals surface area contributed by atoms with Crippen LogP contribution in [0.3, 0.4) is 0 Å². The number of alkyl halides is 1. The van der Waals surface area contributed by atoms with Gasteiger partial charge < -0.3 is 5.32 Å². The highest BCUT2D eigenvalue weighted by atomic mass is 79.9. The van der Waals surface area contributed by atoms with Gasteiger partial charge in [0.1, 0.15) is 5.82 Å². The Labute approximate surface area is 123 Å². The maximum atomic E-state index is 13.7. The van der Waals surface area contributed by atoms with E-state index in [1.54, 1.807) is 6.07 Å². The standard InChI is InChI=1S/C13H14Br2FNO/c14-8-13(5-1-2-6-13)17-12(18)10-4-3-9(15)7-11(10)16/h3-4,7H,1-2,5-6,8H2,(H,17,18). The quantitative estimate of drug-likeness (QED) is 0.790. The van der Waals surface area contributed by atoms with Gasteiger partial charge in [-0.15, -0.1) is 0 Å². The minimum atomic E-state index is -0.496. The van der Waals surface area contributed by atoms with Crippen molar-refractivity contribution in [2.75, 3.05) is 5.33 Å². The molecule has 18 heavy (non-hydrogen) atoms. The van der Waals surface area contributed by atoms with E-state index in [1.807, 2.05) is 0 Å². The van der Waals surface area contributed by atoms with Gasteiger partial charge in [0.15, 0.2) is 0 Å². The summed E-state index contributed by atoms with van der Waals surface area (Å²) in [5.41, 5.74) is -0.109. The number of hydrogen-bond donors (Lipinski definition) is 1. The zero-order valence-corrected chi connectivity index (χ0v) is 13.0. The molecule has 0 spiro atoms. The molecule has 1 amide bonds. The third-order valence-electron chi connectivity index (χ3n) is 3.37. The molecule has 1 saturated carbocycles. The van der Waals surface area contributed by atoms with Crippen molar-refractivity contribution in [3.8, 4) is 0 Å². The highest BCUT2D eigenvalue weighted by Crippen LogP contribution is 2.31. The molecule has 2 nitrogen and oxygen atoms in total. The van der Waals surface area contributed by atoms with Crippen molar-refractivity contribution >= 4 is 37.8 Å². The molecule has 1 aromatic carbocycles. The van der Waals surface area contributed by atoms with E-state index in [-0.39, 0.29) is 17.0 Å². The predicted octanol–water partition coefficient (Wildman–Crippen LogP) is 4.03. The molecule has 1 aliphatic rings. The van der Waals surface area contributed by atoms with Crippen LogP contribution in [0, 0.1) is 5.82 Å². The first kappa shape index (κ1) is 14.0. The van der Waals surface area contributed by atoms with Gasteiger partial charge in [-0.2, -0.15) is 0 Å². The number of amides is 1. The second kappa shape index (κ2) is 5.70. The van der Waals surface area contributed by atoms with E-state index in [2.05, 4.69) is 37.2 Å². The average Bonchev–Trinajstić information content (AvgIpc) is 2.78. The smallest absolute Gasteiger partial charge is 0.254 e. The molecule has 5 heteroatoms. The topological polar surface area (TPSA) is 29.1 Å². The van der Waals surface area contributed by atoms with Gasteiger partial charge in [-0.3, -0.25) is 4.79 Å². The fraction of sp³-hybridized carbons (Fsp3) is 0.462. The third-order valence-corrected chi connectivity index (χ3v) is 4.94. The van der Waals surface area contributed by atoms with E-state index in [9.17, 15) is 9.18 Å². The number of hydrogen-bond acceptors (Lipinski definition) is 1. The lowest BCUT2D eigenvalue weighted by molar-refractivity contribution is 0.0906. The summed E-state index contributed by atoms with van der Waals surface area (Å²) in [5.74, 6) is -0.828. The van der Waals surface area contributed by atoms with Crippen LogP contribution >= 0.6 is 31.9 Å². The van der Waals surface area contributed by atoms with Crippen LogP contribution in [0.15, 0.2) is 22.7 Å². The summed E-state index contributed by atoms with van der Waals surface area (Å²) < 4.78 is 14.3. The Kier molecular flexibility index (Phi) is 4.43. The van der Waals surface area contributed by atoms with Crippen LogP contribution in [0.1, 0.15) is 36.0 Å². The third kappa shape index (κ3) is 2.94. The fourth-order valence-electron chi connectivity index (χ4n) is 2.33. The highest BCUT2D eigenvalue weighted by molar-refractivity contribution is 9.10. The molecule has 98 valence electrons. The molecule has 2 rings (SSSR count). The lowest BCUT2D eigenvalue weighted by atomic mass is 10.00. The first-order chi connectivity index (χ1) is 8.56. The van der Waals surface area contributed by atoms with Gasteiger partial charge in [0.25, 0.3) is 5.91 Å². The van der Waals surface area contributed by atoms with Crippen LogP contribution in [-0.4, -0.2) is 16.8 Å². The SMILES string of the molecule is O=C(NC1(CBr)CCCC1)c1ccc(Br)cc1F. The van der Waals surface area contributed by atoms with Gasteiger partial charge in [0, 0.05) is 9.80 Å². The Balaban J connectivity index is 2.16. The van der Waals surface area contributed by atoms with Gasteiger partial charge in [-0.1, -0.05) is 44.7 Å². The maximum absolute atomic E-state index is 13.7. The summed E-state index contributed by atoms with van der Waals surface area (Å²) in [6, 6.07) is 4.49. The molecule has 1 N–H and O–H groups in total. The van der Waals surface area contributed by atoms with Crippen molar-refractivity contribution in [3.05, 3.63) is 34.1 Å². The largest absolute Gasteiger partial charge is 0.346 e. The second-order valence-electron chi connectivity index (χ2n) is 4.70. The summed E-state index contributed by atoms with van der Waals surface area (Å²) in [4.78, 5) is 12.1. The van der Waals surface area contributed by atoms with Gasteiger partial charge >= 0.3 is 0 Å². The minimum absolute atomic E-state index is 0.102. The molecule has 0 unspecified atom stereocenters. The Morgan fingerprint density at radius 2 is 2.06 bits per heavy atom. The van der Waals surface area contributed by atoms with Crippen molar-refractivity contribution in [2.24, 2.45) is 0 Å². The minimum Gasteiger partial charge on any atom is -0.346 e. The highest BCUT2D eigenvalue weighted by Gasteiger charge is 2.34. The molecular formula is C13H14Br2FNO. The number of halogens is 3. The van der Waals surface area contributed by atoms with Crippen LogP contribution in [0.2, 0.25) is 0 Å². The van der Waals surface area contributed by atoms with Gasteiger partial charge in [-0.05, 0) is 31.0 Å². The average molecular weight is 379 g/mol. The molecule has 0 aliphatic heterocycles. The predicted molar refractivity (Wildman–Crippen MR) is 76.6 cm³/mol. The van der Waals surface area contributed by atoms with Gasteiger partial charge in [0.05, 0.1) is 11.1 Å². The van der Waals surface area contributed by atoms with Crippen molar-refractivity contribution < 1.29 is 9.18 Å². The van der Waals surface area contributed by atoms with Gasteiger partial charge in [-0.25, -0.2) is 4.39 Å². The summed E-state index contributed by atoms with van der Waals surface area (Å²) in [6.07, 6.45) is 4.10. The van der Waals surface area contributed by atoms with E-state index >= 15 is 0 Å². The molecular weight excluding hydrogens is 365 g/mol. The normalized spacial score (nSPS) is 17.7. The van der Waals surface area contributed by atoms with Crippen LogP contribution in [0.5, 0.6) is 0 Å². The van der Waals surface area contributed by atoms with E-state index in [1.165, 1.54) is 12.1 Å².